The van der Waals surface area contributed by atoms with Crippen molar-refractivity contribution in [3.63, 3.8) is 0 Å². The van der Waals surface area contributed by atoms with Gasteiger partial charge in [-0.05, 0) is 32.0 Å². The number of carbonyl (C=O) groups is 2. The Bertz CT molecular complexity index is 775. The standard InChI is InChI=1S/C17H20N2O5/c1-12(2)19(11-16(21)23-3)17(22)14-8-7-13(24-14)10-18-9-5-4-6-15(18)20/h4-9,12H,10-11H2,1-3H3. The Morgan fingerprint density at radius 2 is 2.00 bits per heavy atom. The Hall–Kier alpha value is -2.83. The summed E-state index contributed by atoms with van der Waals surface area (Å²) in [4.78, 5) is 37.1. The summed E-state index contributed by atoms with van der Waals surface area (Å²) in [5, 5.41) is 0. The molecule has 1 amide bonds. The molecule has 0 unspecified atom stereocenters. The van der Waals surface area contributed by atoms with Gasteiger partial charge < -0.3 is 18.6 Å². The summed E-state index contributed by atoms with van der Waals surface area (Å²) < 4.78 is 11.6. The average molecular weight is 332 g/mol. The molecule has 2 aromatic heterocycles. The fourth-order valence-corrected chi connectivity index (χ4v) is 2.17. The van der Waals surface area contributed by atoms with Gasteiger partial charge >= 0.3 is 5.97 Å². The van der Waals surface area contributed by atoms with Gasteiger partial charge in [-0.3, -0.25) is 14.4 Å². The minimum Gasteiger partial charge on any atom is -0.468 e. The molecular formula is C17H20N2O5. The molecule has 0 radical (unpaired) electrons. The molecule has 0 aliphatic heterocycles. The highest BCUT2D eigenvalue weighted by Gasteiger charge is 2.24. The van der Waals surface area contributed by atoms with Crippen molar-refractivity contribution in [2.24, 2.45) is 0 Å². The molecule has 0 spiro atoms. The molecule has 0 saturated heterocycles. The van der Waals surface area contributed by atoms with E-state index in [1.807, 2.05) is 0 Å². The van der Waals surface area contributed by atoms with E-state index in [9.17, 15) is 14.4 Å². The van der Waals surface area contributed by atoms with E-state index in [4.69, 9.17) is 4.42 Å². The van der Waals surface area contributed by atoms with E-state index >= 15 is 0 Å². The Labute approximate surface area is 139 Å². The van der Waals surface area contributed by atoms with Crippen molar-refractivity contribution in [3.8, 4) is 0 Å². The van der Waals surface area contributed by atoms with E-state index in [2.05, 4.69) is 4.74 Å². The van der Waals surface area contributed by atoms with Crippen molar-refractivity contribution in [1.29, 1.82) is 0 Å². The molecule has 2 heterocycles. The highest BCUT2D eigenvalue weighted by atomic mass is 16.5. The zero-order chi connectivity index (χ0) is 17.7. The van der Waals surface area contributed by atoms with Gasteiger partial charge in [-0.25, -0.2) is 0 Å². The van der Waals surface area contributed by atoms with Crippen molar-refractivity contribution in [1.82, 2.24) is 9.47 Å². The van der Waals surface area contributed by atoms with Gasteiger partial charge in [-0.1, -0.05) is 6.07 Å². The summed E-state index contributed by atoms with van der Waals surface area (Å²) in [5.74, 6) is -0.304. The van der Waals surface area contributed by atoms with Gasteiger partial charge in [-0.2, -0.15) is 0 Å². The minimum atomic E-state index is -0.500. The normalized spacial score (nSPS) is 10.7. The molecule has 7 nitrogen and oxygen atoms in total. The van der Waals surface area contributed by atoms with Crippen molar-refractivity contribution >= 4 is 11.9 Å². The van der Waals surface area contributed by atoms with Crippen molar-refractivity contribution in [2.75, 3.05) is 13.7 Å². The molecule has 7 heteroatoms. The second-order valence-electron chi connectivity index (χ2n) is 5.54. The van der Waals surface area contributed by atoms with Crippen molar-refractivity contribution in [2.45, 2.75) is 26.4 Å². The second-order valence-corrected chi connectivity index (χ2v) is 5.54. The molecule has 0 atom stereocenters. The monoisotopic (exact) mass is 332 g/mol. The number of nitrogens with zero attached hydrogens (tertiary/aromatic N) is 2. The molecule has 0 aliphatic rings. The lowest BCUT2D eigenvalue weighted by Gasteiger charge is -2.24. The van der Waals surface area contributed by atoms with E-state index in [1.54, 1.807) is 38.2 Å². The van der Waals surface area contributed by atoms with Crippen LogP contribution in [0, 0.1) is 0 Å². The van der Waals surface area contributed by atoms with Crippen LogP contribution in [0.3, 0.4) is 0 Å². The molecular weight excluding hydrogens is 312 g/mol. The SMILES string of the molecule is COC(=O)CN(C(=O)c1ccc(Cn2ccccc2=O)o1)C(C)C. The van der Waals surface area contributed by atoms with E-state index in [0.717, 1.165) is 0 Å². The van der Waals surface area contributed by atoms with Crippen LogP contribution in [-0.4, -0.2) is 41.0 Å². The largest absolute Gasteiger partial charge is 0.468 e. The number of amides is 1. The number of rotatable bonds is 6. The average Bonchev–Trinajstić information content (AvgIpc) is 3.02. The van der Waals surface area contributed by atoms with Crippen LogP contribution in [-0.2, 0) is 16.1 Å². The van der Waals surface area contributed by atoms with Gasteiger partial charge in [0, 0.05) is 18.3 Å². The Kier molecular flexibility index (Phi) is 5.57. The Morgan fingerprint density at radius 1 is 1.25 bits per heavy atom. The van der Waals surface area contributed by atoms with Crippen LogP contribution >= 0.6 is 0 Å². The molecule has 2 aromatic rings. The zero-order valence-corrected chi connectivity index (χ0v) is 13.9. The maximum absolute atomic E-state index is 12.5. The number of aromatic nitrogens is 1. The lowest BCUT2D eigenvalue weighted by atomic mass is 10.2. The van der Waals surface area contributed by atoms with Gasteiger partial charge in [0.2, 0.25) is 0 Å². The van der Waals surface area contributed by atoms with Gasteiger partial charge in [0.1, 0.15) is 12.3 Å². The molecule has 0 aliphatic carbocycles. The van der Waals surface area contributed by atoms with E-state index in [0.29, 0.717) is 5.76 Å². The lowest BCUT2D eigenvalue weighted by molar-refractivity contribution is -0.141. The third kappa shape index (κ3) is 4.13. The van der Waals surface area contributed by atoms with Crippen molar-refractivity contribution < 1.29 is 18.7 Å². The van der Waals surface area contributed by atoms with Crippen molar-refractivity contribution in [3.05, 3.63) is 58.4 Å². The summed E-state index contributed by atoms with van der Waals surface area (Å²) in [6.45, 7) is 3.68. The molecule has 0 fully saturated rings. The quantitative estimate of drug-likeness (QED) is 0.749. The highest BCUT2D eigenvalue weighted by Crippen LogP contribution is 2.13. The topological polar surface area (TPSA) is 81.8 Å². The van der Waals surface area contributed by atoms with Crippen LogP contribution in [0.2, 0.25) is 0 Å². The number of hydrogen-bond acceptors (Lipinski definition) is 5. The first kappa shape index (κ1) is 17.5. The predicted molar refractivity (Wildman–Crippen MR) is 86.7 cm³/mol. The maximum Gasteiger partial charge on any atom is 0.325 e. The molecule has 24 heavy (non-hydrogen) atoms. The smallest absolute Gasteiger partial charge is 0.325 e. The molecule has 2 rings (SSSR count). The first-order chi connectivity index (χ1) is 11.4. The fraction of sp³-hybridized carbons (Fsp3) is 0.353. The number of furan rings is 1. The third-order valence-corrected chi connectivity index (χ3v) is 3.51. The molecule has 0 saturated carbocycles. The number of pyridine rings is 1. The van der Waals surface area contributed by atoms with Crippen LogP contribution in [0.4, 0.5) is 0 Å². The number of esters is 1. The lowest BCUT2D eigenvalue weighted by Crippen LogP contribution is -2.40. The van der Waals surface area contributed by atoms with E-state index < -0.39 is 11.9 Å². The summed E-state index contributed by atoms with van der Waals surface area (Å²) in [6.07, 6.45) is 1.64. The number of carbonyl (C=O) groups excluding carboxylic acids is 2. The molecule has 128 valence electrons. The molecule has 0 N–H and O–H groups in total. The number of hydrogen-bond donors (Lipinski definition) is 0. The van der Waals surface area contributed by atoms with Crippen LogP contribution in [0.5, 0.6) is 0 Å². The number of ether oxygens (including phenoxy) is 1. The Balaban J connectivity index is 2.16. The molecule has 0 aromatic carbocycles. The fourth-order valence-electron chi connectivity index (χ4n) is 2.17. The maximum atomic E-state index is 12.5. The minimum absolute atomic E-state index is 0.117. The zero-order valence-electron chi connectivity index (χ0n) is 13.9. The van der Waals surface area contributed by atoms with Crippen LogP contribution in [0.15, 0.2) is 45.7 Å². The summed E-state index contributed by atoms with van der Waals surface area (Å²) in [7, 11) is 1.27. The molecule has 0 bridgehead atoms. The van der Waals surface area contributed by atoms with Gasteiger partial charge in [0.25, 0.3) is 11.5 Å². The van der Waals surface area contributed by atoms with Gasteiger partial charge in [0.05, 0.1) is 13.7 Å². The Morgan fingerprint density at radius 3 is 2.62 bits per heavy atom. The van der Waals surface area contributed by atoms with Crippen LogP contribution in [0.25, 0.3) is 0 Å². The van der Waals surface area contributed by atoms with Crippen LogP contribution in [0.1, 0.15) is 30.2 Å². The second kappa shape index (κ2) is 7.63. The predicted octanol–water partition coefficient (Wildman–Crippen LogP) is 1.51. The first-order valence-electron chi connectivity index (χ1n) is 7.54. The van der Waals surface area contributed by atoms with Gasteiger partial charge in [-0.15, -0.1) is 0 Å². The van der Waals surface area contributed by atoms with Crippen LogP contribution < -0.4 is 5.56 Å². The summed E-state index contributed by atoms with van der Waals surface area (Å²) in [5.41, 5.74) is -0.156. The highest BCUT2D eigenvalue weighted by molar-refractivity contribution is 5.93. The summed E-state index contributed by atoms with van der Waals surface area (Å²) in [6, 6.07) is 7.84. The third-order valence-electron chi connectivity index (χ3n) is 3.51. The first-order valence-corrected chi connectivity index (χ1v) is 7.54. The van der Waals surface area contributed by atoms with E-state index in [-0.39, 0.29) is 30.5 Å². The summed E-state index contributed by atoms with van der Waals surface area (Å²) >= 11 is 0. The van der Waals surface area contributed by atoms with E-state index in [1.165, 1.54) is 28.7 Å². The number of methoxy groups -OCH3 is 1. The van der Waals surface area contributed by atoms with Gasteiger partial charge in [0.15, 0.2) is 5.76 Å².